The van der Waals surface area contributed by atoms with Crippen LogP contribution in [0.5, 0.6) is 0 Å². The van der Waals surface area contributed by atoms with Gasteiger partial charge in [0.1, 0.15) is 5.76 Å². The third-order valence-corrected chi connectivity index (χ3v) is 4.42. The standard InChI is InChI=1S/C17H29NO2/c1-6-12-17(4,7-2)14-10-9-11-15(13-14)20-16(19)18(5)8-3/h11,13H,6-10,12H2,1-5H3. The molecule has 0 N–H and O–H groups in total. The summed E-state index contributed by atoms with van der Waals surface area (Å²) in [6.45, 7) is 9.39. The summed E-state index contributed by atoms with van der Waals surface area (Å²) in [4.78, 5) is 13.4. The lowest BCUT2D eigenvalue weighted by atomic mass is 9.73. The summed E-state index contributed by atoms with van der Waals surface area (Å²) in [6, 6.07) is 0. The molecule has 0 aromatic carbocycles. The Labute approximate surface area is 123 Å². The number of allylic oxidation sites excluding steroid dienone is 3. The number of hydrogen-bond donors (Lipinski definition) is 0. The fraction of sp³-hybridized carbons (Fsp3) is 0.706. The van der Waals surface area contributed by atoms with Crippen LogP contribution in [0.1, 0.15) is 59.8 Å². The predicted molar refractivity (Wildman–Crippen MR) is 83.5 cm³/mol. The molecule has 0 aliphatic heterocycles. The Kier molecular flexibility index (Phi) is 6.31. The molecule has 1 unspecified atom stereocenters. The van der Waals surface area contributed by atoms with Gasteiger partial charge in [0.25, 0.3) is 0 Å². The fourth-order valence-electron chi connectivity index (χ4n) is 2.64. The van der Waals surface area contributed by atoms with Gasteiger partial charge >= 0.3 is 6.09 Å². The maximum absolute atomic E-state index is 11.8. The molecule has 0 radical (unpaired) electrons. The van der Waals surface area contributed by atoms with Crippen molar-refractivity contribution < 1.29 is 9.53 Å². The van der Waals surface area contributed by atoms with Crippen LogP contribution in [-0.2, 0) is 4.74 Å². The number of carbonyl (C=O) groups is 1. The van der Waals surface area contributed by atoms with Crippen LogP contribution in [-0.4, -0.2) is 24.6 Å². The molecule has 1 aliphatic carbocycles. The zero-order valence-corrected chi connectivity index (χ0v) is 13.7. The third-order valence-electron chi connectivity index (χ3n) is 4.42. The number of hydrogen-bond acceptors (Lipinski definition) is 2. The molecular weight excluding hydrogens is 250 g/mol. The van der Waals surface area contributed by atoms with Gasteiger partial charge in [0.2, 0.25) is 0 Å². The molecule has 1 atom stereocenters. The van der Waals surface area contributed by atoms with E-state index in [4.69, 9.17) is 4.74 Å². The average Bonchev–Trinajstić information content (AvgIpc) is 2.46. The highest BCUT2D eigenvalue weighted by Crippen LogP contribution is 2.40. The van der Waals surface area contributed by atoms with E-state index < -0.39 is 0 Å². The van der Waals surface area contributed by atoms with E-state index in [9.17, 15) is 4.79 Å². The minimum atomic E-state index is -0.273. The van der Waals surface area contributed by atoms with Crippen molar-refractivity contribution in [3.8, 4) is 0 Å². The van der Waals surface area contributed by atoms with Gasteiger partial charge < -0.3 is 9.64 Å². The van der Waals surface area contributed by atoms with Gasteiger partial charge in [-0.05, 0) is 50.2 Å². The van der Waals surface area contributed by atoms with Gasteiger partial charge in [-0.1, -0.05) is 32.8 Å². The zero-order valence-electron chi connectivity index (χ0n) is 13.7. The molecule has 1 aliphatic rings. The Balaban J connectivity index is 2.81. The van der Waals surface area contributed by atoms with Crippen LogP contribution >= 0.6 is 0 Å². The second kappa shape index (κ2) is 7.51. The van der Waals surface area contributed by atoms with Crippen LogP contribution in [0.3, 0.4) is 0 Å². The van der Waals surface area contributed by atoms with Gasteiger partial charge in [0, 0.05) is 13.6 Å². The summed E-state index contributed by atoms with van der Waals surface area (Å²) >= 11 is 0. The van der Waals surface area contributed by atoms with E-state index in [-0.39, 0.29) is 11.5 Å². The van der Waals surface area contributed by atoms with Gasteiger partial charge in [0.15, 0.2) is 0 Å². The van der Waals surface area contributed by atoms with E-state index in [1.165, 1.54) is 18.4 Å². The van der Waals surface area contributed by atoms with Crippen LogP contribution in [0.25, 0.3) is 0 Å². The Bertz CT molecular complexity index is 398. The molecule has 0 fully saturated rings. The third kappa shape index (κ3) is 4.12. The summed E-state index contributed by atoms with van der Waals surface area (Å²) in [6.07, 6.45) is 9.37. The lowest BCUT2D eigenvalue weighted by Crippen LogP contribution is -2.27. The molecule has 3 nitrogen and oxygen atoms in total. The van der Waals surface area contributed by atoms with Crippen LogP contribution in [0.15, 0.2) is 23.5 Å². The van der Waals surface area contributed by atoms with Gasteiger partial charge in [-0.15, -0.1) is 0 Å². The highest BCUT2D eigenvalue weighted by atomic mass is 16.6. The van der Waals surface area contributed by atoms with Gasteiger partial charge in [-0.3, -0.25) is 0 Å². The van der Waals surface area contributed by atoms with E-state index >= 15 is 0 Å². The van der Waals surface area contributed by atoms with E-state index in [2.05, 4.69) is 26.8 Å². The minimum Gasteiger partial charge on any atom is -0.411 e. The van der Waals surface area contributed by atoms with E-state index in [1.54, 1.807) is 11.9 Å². The molecule has 3 heteroatoms. The minimum absolute atomic E-state index is 0.233. The van der Waals surface area contributed by atoms with Crippen molar-refractivity contribution in [2.75, 3.05) is 13.6 Å². The van der Waals surface area contributed by atoms with Gasteiger partial charge in [-0.2, -0.15) is 0 Å². The molecule has 0 spiro atoms. The average molecular weight is 279 g/mol. The maximum atomic E-state index is 11.8. The molecule has 1 rings (SSSR count). The molecule has 0 aromatic rings. The number of amides is 1. The van der Waals surface area contributed by atoms with Gasteiger partial charge in [-0.25, -0.2) is 4.79 Å². The fourth-order valence-corrected chi connectivity index (χ4v) is 2.64. The van der Waals surface area contributed by atoms with Crippen molar-refractivity contribution in [3.63, 3.8) is 0 Å². The summed E-state index contributed by atoms with van der Waals surface area (Å²) < 4.78 is 5.46. The monoisotopic (exact) mass is 279 g/mol. The highest BCUT2D eigenvalue weighted by Gasteiger charge is 2.27. The Morgan fingerprint density at radius 1 is 1.40 bits per heavy atom. The first kappa shape index (κ1) is 16.8. The lowest BCUT2D eigenvalue weighted by molar-refractivity contribution is 0.142. The smallest absolute Gasteiger partial charge is 0.411 e. The number of carbonyl (C=O) groups excluding carboxylic acids is 1. The zero-order chi connectivity index (χ0) is 15.2. The molecule has 20 heavy (non-hydrogen) atoms. The molecule has 0 heterocycles. The van der Waals surface area contributed by atoms with E-state index in [0.29, 0.717) is 12.3 Å². The topological polar surface area (TPSA) is 29.5 Å². The molecule has 0 saturated carbocycles. The molecular formula is C17H29NO2. The van der Waals surface area contributed by atoms with E-state index in [1.807, 2.05) is 13.0 Å². The van der Waals surface area contributed by atoms with Crippen molar-refractivity contribution in [1.29, 1.82) is 0 Å². The summed E-state index contributed by atoms with van der Waals surface area (Å²) in [7, 11) is 1.75. The van der Waals surface area contributed by atoms with Crippen LogP contribution in [0.2, 0.25) is 0 Å². The summed E-state index contributed by atoms with van der Waals surface area (Å²) in [5.41, 5.74) is 1.66. The van der Waals surface area contributed by atoms with E-state index in [0.717, 1.165) is 19.3 Å². The second-order valence-electron chi connectivity index (χ2n) is 5.86. The van der Waals surface area contributed by atoms with Crippen molar-refractivity contribution in [3.05, 3.63) is 23.5 Å². The van der Waals surface area contributed by atoms with Crippen LogP contribution < -0.4 is 0 Å². The molecule has 0 aromatic heterocycles. The Hall–Kier alpha value is -1.25. The van der Waals surface area contributed by atoms with Crippen LogP contribution in [0.4, 0.5) is 4.79 Å². The quantitative estimate of drug-likeness (QED) is 0.692. The van der Waals surface area contributed by atoms with Crippen LogP contribution in [0, 0.1) is 5.41 Å². The first-order chi connectivity index (χ1) is 9.46. The SMILES string of the molecule is CCCC(C)(CC)C1=CC(OC(=O)N(C)CC)=CCC1. The second-order valence-corrected chi connectivity index (χ2v) is 5.86. The van der Waals surface area contributed by atoms with Crippen molar-refractivity contribution in [1.82, 2.24) is 4.90 Å². The molecule has 0 bridgehead atoms. The number of ether oxygens (including phenoxy) is 1. The lowest BCUT2D eigenvalue weighted by Gasteiger charge is -2.33. The highest BCUT2D eigenvalue weighted by molar-refractivity contribution is 5.69. The summed E-state index contributed by atoms with van der Waals surface area (Å²) in [5.74, 6) is 0.715. The van der Waals surface area contributed by atoms with Gasteiger partial charge in [0.05, 0.1) is 0 Å². The largest absolute Gasteiger partial charge is 0.414 e. The number of nitrogens with zero attached hydrogens (tertiary/aromatic N) is 1. The normalized spacial score (nSPS) is 17.9. The predicted octanol–water partition coefficient (Wildman–Crippen LogP) is 4.90. The van der Waals surface area contributed by atoms with Crippen molar-refractivity contribution >= 4 is 6.09 Å². The maximum Gasteiger partial charge on any atom is 0.414 e. The Morgan fingerprint density at radius 3 is 2.65 bits per heavy atom. The first-order valence-corrected chi connectivity index (χ1v) is 7.81. The molecule has 114 valence electrons. The molecule has 0 saturated heterocycles. The number of rotatable bonds is 6. The van der Waals surface area contributed by atoms with Crippen molar-refractivity contribution in [2.45, 2.75) is 59.8 Å². The molecule has 1 amide bonds. The Morgan fingerprint density at radius 2 is 2.10 bits per heavy atom. The summed E-state index contributed by atoms with van der Waals surface area (Å²) in [5, 5.41) is 0. The van der Waals surface area contributed by atoms with Crippen molar-refractivity contribution in [2.24, 2.45) is 5.41 Å². The first-order valence-electron chi connectivity index (χ1n) is 7.81.